The molecule has 0 fully saturated rings. The van der Waals surface area contributed by atoms with Gasteiger partial charge in [0.1, 0.15) is 18.7 Å². The van der Waals surface area contributed by atoms with Gasteiger partial charge < -0.3 is 10.0 Å². The molecule has 1 aromatic carbocycles. The molecule has 0 amide bonds. The van der Waals surface area contributed by atoms with Gasteiger partial charge in [-0.3, -0.25) is 0 Å². The van der Waals surface area contributed by atoms with Crippen molar-refractivity contribution in [2.45, 2.75) is 6.18 Å². The molecule has 0 aliphatic heterocycles. The first kappa shape index (κ1) is 13.5. The Morgan fingerprint density at radius 3 is 2.58 bits per heavy atom. The lowest BCUT2D eigenvalue weighted by Gasteiger charge is -2.24. The van der Waals surface area contributed by atoms with Gasteiger partial charge in [0, 0.05) is 11.9 Å². The van der Waals surface area contributed by atoms with Gasteiger partial charge >= 0.3 is 6.18 Å². The van der Waals surface area contributed by atoms with E-state index in [1.165, 1.54) is 6.33 Å². The van der Waals surface area contributed by atoms with Gasteiger partial charge in [0.25, 0.3) is 0 Å². The predicted octanol–water partition coefficient (Wildman–Crippen LogP) is 1.99. The summed E-state index contributed by atoms with van der Waals surface area (Å²) in [6.07, 6.45) is -3.14. The summed E-state index contributed by atoms with van der Waals surface area (Å²) in [5.74, 6) is 0.178. The number of fused-ring (bicyclic) bond motifs is 1. The Hall–Kier alpha value is -1.89. The number of hydrogen-bond donors (Lipinski definition) is 1. The summed E-state index contributed by atoms with van der Waals surface area (Å²) in [5, 5.41) is 9.44. The van der Waals surface area contributed by atoms with Crippen LogP contribution in [0.4, 0.5) is 19.0 Å². The van der Waals surface area contributed by atoms with E-state index in [9.17, 15) is 13.2 Å². The van der Waals surface area contributed by atoms with E-state index in [4.69, 9.17) is 5.11 Å². The molecular formula is C12H12F3N3O. The van der Waals surface area contributed by atoms with Gasteiger partial charge in [-0.05, 0) is 12.1 Å². The van der Waals surface area contributed by atoms with Crippen LogP contribution in [0.15, 0.2) is 30.6 Å². The van der Waals surface area contributed by atoms with Crippen LogP contribution in [-0.4, -0.2) is 40.9 Å². The van der Waals surface area contributed by atoms with Gasteiger partial charge in [-0.25, -0.2) is 9.97 Å². The van der Waals surface area contributed by atoms with Gasteiger partial charge in [0.15, 0.2) is 0 Å². The van der Waals surface area contributed by atoms with Crippen molar-refractivity contribution in [2.24, 2.45) is 0 Å². The second-order valence-electron chi connectivity index (χ2n) is 3.97. The van der Waals surface area contributed by atoms with E-state index in [1.807, 2.05) is 0 Å². The molecule has 0 saturated carbocycles. The average molecular weight is 271 g/mol. The van der Waals surface area contributed by atoms with Crippen molar-refractivity contribution >= 4 is 16.7 Å². The van der Waals surface area contributed by atoms with Crippen LogP contribution in [0.3, 0.4) is 0 Å². The van der Waals surface area contributed by atoms with E-state index in [-0.39, 0.29) is 19.0 Å². The number of aliphatic hydroxyl groups excluding tert-OH is 1. The second kappa shape index (κ2) is 5.40. The van der Waals surface area contributed by atoms with Gasteiger partial charge in [0.05, 0.1) is 12.1 Å². The van der Waals surface area contributed by atoms with E-state index < -0.39 is 12.7 Å². The quantitative estimate of drug-likeness (QED) is 0.924. The fraction of sp³-hybridized carbons (Fsp3) is 0.333. The third-order valence-corrected chi connectivity index (χ3v) is 2.56. The molecule has 0 bridgehead atoms. The molecule has 1 aromatic heterocycles. The molecule has 102 valence electrons. The molecule has 4 nitrogen and oxygen atoms in total. The number of alkyl halides is 3. The highest BCUT2D eigenvalue weighted by molar-refractivity contribution is 5.89. The number of halogens is 3. The zero-order chi connectivity index (χ0) is 13.9. The maximum atomic E-state index is 12.5. The van der Waals surface area contributed by atoms with Crippen LogP contribution >= 0.6 is 0 Å². The lowest BCUT2D eigenvalue weighted by Crippen LogP contribution is -2.37. The first-order chi connectivity index (χ1) is 9.01. The highest BCUT2D eigenvalue weighted by Gasteiger charge is 2.31. The Bertz CT molecular complexity index is 554. The van der Waals surface area contributed by atoms with Crippen LogP contribution in [0.1, 0.15) is 0 Å². The summed E-state index contributed by atoms with van der Waals surface area (Å²) in [7, 11) is 0. The molecule has 0 unspecified atom stereocenters. The maximum absolute atomic E-state index is 12.5. The van der Waals surface area contributed by atoms with Crippen LogP contribution in [0.2, 0.25) is 0 Å². The summed E-state index contributed by atoms with van der Waals surface area (Å²) in [6, 6.07) is 6.82. The predicted molar refractivity (Wildman–Crippen MR) is 64.9 cm³/mol. The minimum Gasteiger partial charge on any atom is -0.395 e. The number of aliphatic hydroxyl groups is 1. The minimum atomic E-state index is -4.36. The van der Waals surface area contributed by atoms with Crippen LogP contribution in [0, 0.1) is 0 Å². The number of rotatable bonds is 4. The maximum Gasteiger partial charge on any atom is 0.405 e. The van der Waals surface area contributed by atoms with Crippen molar-refractivity contribution in [1.29, 1.82) is 0 Å². The van der Waals surface area contributed by atoms with E-state index >= 15 is 0 Å². The van der Waals surface area contributed by atoms with Crippen LogP contribution < -0.4 is 4.90 Å². The number of nitrogens with zero attached hydrogens (tertiary/aromatic N) is 3. The normalized spacial score (nSPS) is 11.8. The Balaban J connectivity index is 2.44. The summed E-state index contributed by atoms with van der Waals surface area (Å²) in [4.78, 5) is 8.92. The second-order valence-corrected chi connectivity index (χ2v) is 3.97. The molecule has 1 N–H and O–H groups in total. The Labute approximate surface area is 107 Å². The minimum absolute atomic E-state index is 0.138. The summed E-state index contributed by atoms with van der Waals surface area (Å²) in [5.41, 5.74) is 0.567. The fourth-order valence-corrected chi connectivity index (χ4v) is 1.84. The number of aromatic nitrogens is 2. The smallest absolute Gasteiger partial charge is 0.395 e. The van der Waals surface area contributed by atoms with Crippen molar-refractivity contribution < 1.29 is 18.3 Å². The van der Waals surface area contributed by atoms with Crippen LogP contribution in [0.5, 0.6) is 0 Å². The van der Waals surface area contributed by atoms with E-state index in [1.54, 1.807) is 24.3 Å². The summed E-state index contributed by atoms with van der Waals surface area (Å²) < 4.78 is 37.6. The zero-order valence-corrected chi connectivity index (χ0v) is 9.93. The van der Waals surface area contributed by atoms with Crippen molar-refractivity contribution in [3.05, 3.63) is 30.6 Å². The van der Waals surface area contributed by atoms with Crippen molar-refractivity contribution in [1.82, 2.24) is 9.97 Å². The molecule has 2 aromatic rings. The number of benzene rings is 1. The lowest BCUT2D eigenvalue weighted by molar-refractivity contribution is -0.119. The summed E-state index contributed by atoms with van der Waals surface area (Å²) >= 11 is 0. The number of para-hydroxylation sites is 1. The SMILES string of the molecule is OCCN(CC(F)(F)F)c1ncnc2ccccc12. The first-order valence-electron chi connectivity index (χ1n) is 5.63. The number of hydrogen-bond acceptors (Lipinski definition) is 4. The Morgan fingerprint density at radius 1 is 1.16 bits per heavy atom. The molecule has 2 rings (SSSR count). The highest BCUT2D eigenvalue weighted by Crippen LogP contribution is 2.25. The van der Waals surface area contributed by atoms with Gasteiger partial charge in [-0.15, -0.1) is 0 Å². The van der Waals surface area contributed by atoms with E-state index in [0.29, 0.717) is 10.9 Å². The van der Waals surface area contributed by atoms with Crippen LogP contribution in [-0.2, 0) is 0 Å². The molecule has 0 aliphatic carbocycles. The van der Waals surface area contributed by atoms with Gasteiger partial charge in [0.2, 0.25) is 0 Å². The average Bonchev–Trinajstić information content (AvgIpc) is 2.36. The molecule has 19 heavy (non-hydrogen) atoms. The van der Waals surface area contributed by atoms with Crippen molar-refractivity contribution in [3.8, 4) is 0 Å². The number of anilines is 1. The molecule has 0 spiro atoms. The lowest BCUT2D eigenvalue weighted by atomic mass is 10.2. The molecule has 0 radical (unpaired) electrons. The first-order valence-corrected chi connectivity index (χ1v) is 5.63. The molecule has 0 atom stereocenters. The van der Waals surface area contributed by atoms with Crippen LogP contribution in [0.25, 0.3) is 10.9 Å². The molecule has 0 aliphatic rings. The largest absolute Gasteiger partial charge is 0.405 e. The third kappa shape index (κ3) is 3.31. The highest BCUT2D eigenvalue weighted by atomic mass is 19.4. The van der Waals surface area contributed by atoms with Crippen molar-refractivity contribution in [2.75, 3.05) is 24.6 Å². The molecular weight excluding hydrogens is 259 g/mol. The Morgan fingerprint density at radius 2 is 1.89 bits per heavy atom. The van der Waals surface area contributed by atoms with Gasteiger partial charge in [-0.2, -0.15) is 13.2 Å². The van der Waals surface area contributed by atoms with Gasteiger partial charge in [-0.1, -0.05) is 12.1 Å². The topological polar surface area (TPSA) is 49.2 Å². The zero-order valence-electron chi connectivity index (χ0n) is 9.93. The molecule has 1 heterocycles. The van der Waals surface area contributed by atoms with Crippen molar-refractivity contribution in [3.63, 3.8) is 0 Å². The molecule has 0 saturated heterocycles. The fourth-order valence-electron chi connectivity index (χ4n) is 1.84. The third-order valence-electron chi connectivity index (χ3n) is 2.56. The van der Waals surface area contributed by atoms with E-state index in [0.717, 1.165) is 4.90 Å². The Kier molecular flexibility index (Phi) is 3.84. The summed E-state index contributed by atoms with van der Waals surface area (Å²) in [6.45, 7) is -1.68. The van der Waals surface area contributed by atoms with E-state index in [2.05, 4.69) is 9.97 Å². The molecule has 7 heteroatoms. The standard InChI is InChI=1S/C12H12F3N3O/c13-12(14,15)7-18(5-6-19)11-9-3-1-2-4-10(9)16-8-17-11/h1-4,8,19H,5-7H2. The monoisotopic (exact) mass is 271 g/mol.